The average Bonchev–Trinajstić information content (AvgIpc) is 2.30. The number of carboxylic acid groups (broad SMARTS) is 1. The van der Waals surface area contributed by atoms with Gasteiger partial charge < -0.3 is 25.5 Å². The number of hydrogen-bond donors (Lipinski definition) is 3. The quantitative estimate of drug-likeness (QED) is 0.597. The number of hydrogen-bond acceptors (Lipinski definition) is 3. The molecule has 0 spiro atoms. The lowest BCUT2D eigenvalue weighted by molar-refractivity contribution is -0.148. The normalized spacial score (nSPS) is 10.7. The topological polar surface area (TPSA) is 102 Å². The molecule has 0 saturated heterocycles. The van der Waals surface area contributed by atoms with Gasteiger partial charge in [0, 0.05) is 27.2 Å². The van der Waals surface area contributed by atoms with Crippen molar-refractivity contribution in [3.63, 3.8) is 0 Å². The van der Waals surface area contributed by atoms with Crippen LogP contribution in [-0.2, 0) is 4.79 Å². The van der Waals surface area contributed by atoms with Gasteiger partial charge in [-0.2, -0.15) is 13.2 Å². The van der Waals surface area contributed by atoms with Gasteiger partial charge >= 0.3 is 24.2 Å². The first-order valence-electron chi connectivity index (χ1n) is 5.79. The van der Waals surface area contributed by atoms with Crippen LogP contribution in [0.1, 0.15) is 0 Å². The zero-order valence-electron chi connectivity index (χ0n) is 11.5. The number of rotatable bonds is 6. The number of urea groups is 2. The Hall–Kier alpha value is -2.20. The van der Waals surface area contributed by atoms with Crippen LogP contribution in [0.5, 0.6) is 0 Å². The maximum atomic E-state index is 12.2. The molecular weight excluding hydrogens is 297 g/mol. The van der Waals surface area contributed by atoms with Crippen molar-refractivity contribution in [3.05, 3.63) is 0 Å². The third-order valence-corrected chi connectivity index (χ3v) is 2.07. The third-order valence-electron chi connectivity index (χ3n) is 2.07. The molecular formula is C10H17F3N4O4. The summed E-state index contributed by atoms with van der Waals surface area (Å²) in [5.74, 6) is -1.56. The van der Waals surface area contributed by atoms with Gasteiger partial charge in [0.25, 0.3) is 0 Å². The standard InChI is InChI=1S/C10H17F3N4O4/c1-16(2)8(20)14-3-4-15-9(21)17(5-7(18)19)6-10(11,12)13/h3-6H2,1-2H3,(H,14,20)(H,15,21)(H,18,19). The summed E-state index contributed by atoms with van der Waals surface area (Å²) in [6.45, 7) is -2.88. The molecule has 0 aliphatic rings. The molecule has 21 heavy (non-hydrogen) atoms. The Labute approximate surface area is 118 Å². The molecule has 0 aliphatic heterocycles. The fourth-order valence-corrected chi connectivity index (χ4v) is 1.19. The van der Waals surface area contributed by atoms with E-state index < -0.39 is 37.3 Å². The molecule has 0 aromatic rings. The zero-order valence-corrected chi connectivity index (χ0v) is 11.5. The number of amides is 4. The molecule has 8 nitrogen and oxygen atoms in total. The van der Waals surface area contributed by atoms with Crippen LogP contribution in [0.3, 0.4) is 0 Å². The van der Waals surface area contributed by atoms with E-state index in [1.165, 1.54) is 19.0 Å². The van der Waals surface area contributed by atoms with Crippen LogP contribution in [0.25, 0.3) is 0 Å². The van der Waals surface area contributed by atoms with Crippen LogP contribution in [0.2, 0.25) is 0 Å². The summed E-state index contributed by atoms with van der Waals surface area (Å²) in [7, 11) is 2.98. The molecule has 0 aliphatic carbocycles. The molecule has 0 radical (unpaired) electrons. The van der Waals surface area contributed by atoms with Gasteiger partial charge in [0.05, 0.1) is 0 Å². The fraction of sp³-hybridized carbons (Fsp3) is 0.700. The highest BCUT2D eigenvalue weighted by atomic mass is 19.4. The molecule has 0 atom stereocenters. The Morgan fingerprint density at radius 1 is 1.05 bits per heavy atom. The predicted octanol–water partition coefficient (Wildman–Crippen LogP) is -0.0839. The molecule has 0 bridgehead atoms. The smallest absolute Gasteiger partial charge is 0.406 e. The maximum Gasteiger partial charge on any atom is 0.406 e. The first-order valence-corrected chi connectivity index (χ1v) is 5.79. The van der Waals surface area contributed by atoms with E-state index in [1.54, 1.807) is 0 Å². The van der Waals surface area contributed by atoms with Crippen molar-refractivity contribution in [2.45, 2.75) is 6.18 Å². The molecule has 0 unspecified atom stereocenters. The lowest BCUT2D eigenvalue weighted by Gasteiger charge is -2.22. The van der Waals surface area contributed by atoms with E-state index in [4.69, 9.17) is 5.11 Å². The Morgan fingerprint density at radius 2 is 1.52 bits per heavy atom. The minimum atomic E-state index is -4.70. The van der Waals surface area contributed by atoms with Crippen LogP contribution < -0.4 is 10.6 Å². The van der Waals surface area contributed by atoms with Crippen molar-refractivity contribution in [1.29, 1.82) is 0 Å². The number of carbonyl (C=O) groups is 3. The number of aliphatic carboxylic acids is 1. The van der Waals surface area contributed by atoms with E-state index >= 15 is 0 Å². The van der Waals surface area contributed by atoms with Crippen molar-refractivity contribution < 1.29 is 32.7 Å². The third kappa shape index (κ3) is 9.35. The van der Waals surface area contributed by atoms with Crippen LogP contribution in [-0.4, -0.2) is 79.4 Å². The van der Waals surface area contributed by atoms with Gasteiger partial charge in [-0.1, -0.05) is 0 Å². The number of nitrogens with one attached hydrogen (secondary N) is 2. The lowest BCUT2D eigenvalue weighted by Crippen LogP contribution is -2.48. The van der Waals surface area contributed by atoms with Gasteiger partial charge in [-0.15, -0.1) is 0 Å². The molecule has 0 saturated carbocycles. The number of alkyl halides is 3. The summed E-state index contributed by atoms with van der Waals surface area (Å²) >= 11 is 0. The summed E-state index contributed by atoms with van der Waals surface area (Å²) in [4.78, 5) is 34.4. The van der Waals surface area contributed by atoms with Gasteiger partial charge in [0.15, 0.2) is 0 Å². The van der Waals surface area contributed by atoms with Gasteiger partial charge in [0.1, 0.15) is 13.1 Å². The van der Waals surface area contributed by atoms with Crippen LogP contribution in [0.4, 0.5) is 22.8 Å². The highest BCUT2D eigenvalue weighted by molar-refractivity contribution is 5.80. The lowest BCUT2D eigenvalue weighted by atomic mass is 10.4. The second-order valence-electron chi connectivity index (χ2n) is 4.22. The Kier molecular flexibility index (Phi) is 7.31. The summed E-state index contributed by atoms with van der Waals surface area (Å²) in [6, 6.07) is -1.60. The van der Waals surface area contributed by atoms with E-state index in [9.17, 15) is 27.6 Å². The Bertz CT molecular complexity index is 387. The van der Waals surface area contributed by atoms with E-state index in [0.29, 0.717) is 0 Å². The molecule has 3 N–H and O–H groups in total. The van der Waals surface area contributed by atoms with E-state index in [0.717, 1.165) is 0 Å². The first kappa shape index (κ1) is 18.8. The van der Waals surface area contributed by atoms with Gasteiger partial charge in [-0.25, -0.2) is 9.59 Å². The first-order chi connectivity index (χ1) is 9.53. The highest BCUT2D eigenvalue weighted by Crippen LogP contribution is 2.16. The zero-order chi connectivity index (χ0) is 16.6. The van der Waals surface area contributed by atoms with E-state index in [2.05, 4.69) is 10.6 Å². The summed E-state index contributed by atoms with van der Waals surface area (Å²) < 4.78 is 36.7. The summed E-state index contributed by atoms with van der Waals surface area (Å²) in [6.07, 6.45) is -4.70. The van der Waals surface area contributed by atoms with Gasteiger partial charge in [-0.3, -0.25) is 4.79 Å². The van der Waals surface area contributed by atoms with Crippen molar-refractivity contribution in [1.82, 2.24) is 20.4 Å². The number of carboxylic acids is 1. The minimum absolute atomic E-state index is 0.00428. The Morgan fingerprint density at radius 3 is 1.90 bits per heavy atom. The minimum Gasteiger partial charge on any atom is -0.480 e. The van der Waals surface area contributed by atoms with Crippen molar-refractivity contribution >= 4 is 18.0 Å². The number of halogens is 3. The van der Waals surface area contributed by atoms with Crippen LogP contribution in [0, 0.1) is 0 Å². The number of nitrogens with zero attached hydrogens (tertiary/aromatic N) is 2. The Balaban J connectivity index is 4.29. The molecule has 11 heteroatoms. The van der Waals surface area contributed by atoms with Crippen LogP contribution in [0.15, 0.2) is 0 Å². The second kappa shape index (κ2) is 8.17. The molecule has 122 valence electrons. The molecule has 0 aromatic carbocycles. The molecule has 0 fully saturated rings. The van der Waals surface area contributed by atoms with Gasteiger partial charge in [-0.05, 0) is 0 Å². The second-order valence-corrected chi connectivity index (χ2v) is 4.22. The maximum absolute atomic E-state index is 12.2. The highest BCUT2D eigenvalue weighted by Gasteiger charge is 2.33. The van der Waals surface area contributed by atoms with E-state index in [1.807, 2.05) is 0 Å². The van der Waals surface area contributed by atoms with Crippen molar-refractivity contribution in [2.75, 3.05) is 40.3 Å². The number of carbonyl (C=O) groups excluding carboxylic acids is 2. The largest absolute Gasteiger partial charge is 0.480 e. The average molecular weight is 314 g/mol. The van der Waals surface area contributed by atoms with Crippen molar-refractivity contribution in [3.8, 4) is 0 Å². The molecule has 0 rings (SSSR count). The molecule has 0 heterocycles. The molecule has 4 amide bonds. The fourth-order valence-electron chi connectivity index (χ4n) is 1.19. The van der Waals surface area contributed by atoms with Crippen molar-refractivity contribution in [2.24, 2.45) is 0 Å². The van der Waals surface area contributed by atoms with Gasteiger partial charge in [0.2, 0.25) is 0 Å². The van der Waals surface area contributed by atoms with Crippen LogP contribution >= 0.6 is 0 Å². The monoisotopic (exact) mass is 314 g/mol. The van der Waals surface area contributed by atoms with E-state index in [-0.39, 0.29) is 18.0 Å². The predicted molar refractivity (Wildman–Crippen MR) is 65.7 cm³/mol. The SMILES string of the molecule is CN(C)C(=O)NCCNC(=O)N(CC(=O)O)CC(F)(F)F. The summed E-state index contributed by atoms with van der Waals surface area (Å²) in [5, 5.41) is 13.0. The molecule has 0 aromatic heterocycles. The summed E-state index contributed by atoms with van der Waals surface area (Å²) in [5.41, 5.74) is 0.